The van der Waals surface area contributed by atoms with E-state index in [2.05, 4.69) is 10.5 Å². The first-order valence-corrected chi connectivity index (χ1v) is 8.35. The van der Waals surface area contributed by atoms with Crippen LogP contribution in [0.3, 0.4) is 0 Å². The molecule has 1 aromatic heterocycles. The van der Waals surface area contributed by atoms with Crippen molar-refractivity contribution in [1.29, 1.82) is 0 Å². The van der Waals surface area contributed by atoms with E-state index in [-0.39, 0.29) is 22.0 Å². The molecule has 11 heteroatoms. The normalized spacial score (nSPS) is 10.8. The fourth-order valence-corrected chi connectivity index (χ4v) is 2.52. The van der Waals surface area contributed by atoms with Crippen molar-refractivity contribution in [2.24, 2.45) is 5.10 Å². The average molecular weight is 415 g/mol. The van der Waals surface area contributed by atoms with Gasteiger partial charge in [-0.25, -0.2) is 5.43 Å². The number of nitrogens with one attached hydrogen (secondary N) is 1. The summed E-state index contributed by atoms with van der Waals surface area (Å²) in [6.45, 7) is 0. The minimum atomic E-state index is -0.592. The first-order chi connectivity index (χ1) is 13.8. The third-order valence-electron chi connectivity index (χ3n) is 3.75. The molecule has 3 rings (SSSR count). The molecular weight excluding hydrogens is 404 g/mol. The Kier molecular flexibility index (Phi) is 5.65. The summed E-state index contributed by atoms with van der Waals surface area (Å²) in [6, 6.07) is 12.5. The van der Waals surface area contributed by atoms with Gasteiger partial charge in [0.05, 0.1) is 16.1 Å². The maximum absolute atomic E-state index is 12.0. The summed E-state index contributed by atoms with van der Waals surface area (Å²) >= 11 is 5.79. The number of nitro benzene ring substituents is 2. The lowest BCUT2D eigenvalue weighted by Gasteiger charge is -2.00. The Labute approximate surface area is 167 Å². The lowest BCUT2D eigenvalue weighted by atomic mass is 10.1. The number of carbonyl (C=O) groups excluding carboxylic acids is 1. The smallest absolute Gasteiger partial charge is 0.288 e. The third kappa shape index (κ3) is 4.62. The largest absolute Gasteiger partial charge is 0.455 e. The molecule has 29 heavy (non-hydrogen) atoms. The summed E-state index contributed by atoms with van der Waals surface area (Å²) in [7, 11) is 0. The van der Waals surface area contributed by atoms with Crippen LogP contribution in [0.5, 0.6) is 0 Å². The van der Waals surface area contributed by atoms with Crippen LogP contribution in [0.25, 0.3) is 11.3 Å². The molecule has 1 N–H and O–H groups in total. The van der Waals surface area contributed by atoms with Crippen molar-refractivity contribution >= 4 is 35.1 Å². The number of halogens is 1. The van der Waals surface area contributed by atoms with Crippen molar-refractivity contribution < 1.29 is 19.1 Å². The topological polar surface area (TPSA) is 141 Å². The molecule has 2 aromatic carbocycles. The Morgan fingerprint density at radius 2 is 1.76 bits per heavy atom. The van der Waals surface area contributed by atoms with Crippen molar-refractivity contribution in [3.63, 3.8) is 0 Å². The first-order valence-electron chi connectivity index (χ1n) is 7.97. The maximum Gasteiger partial charge on any atom is 0.288 e. The predicted octanol–water partition coefficient (Wildman–Crippen LogP) is 4.18. The predicted molar refractivity (Wildman–Crippen MR) is 104 cm³/mol. The Hall–Kier alpha value is -4.05. The molecule has 10 nitrogen and oxygen atoms in total. The molecule has 0 aliphatic heterocycles. The molecule has 0 bridgehead atoms. The SMILES string of the molecule is O=C(N/N=C/c1ccc(-c2ccc(Cl)c([N+](=O)[O-])c2)o1)c1ccc([N+](=O)[O-])cc1. The minimum Gasteiger partial charge on any atom is -0.455 e. The van der Waals surface area contributed by atoms with Gasteiger partial charge in [0.25, 0.3) is 17.3 Å². The number of non-ortho nitro benzene ring substituents is 1. The van der Waals surface area contributed by atoms with Crippen LogP contribution in [0.1, 0.15) is 16.1 Å². The average Bonchev–Trinajstić information content (AvgIpc) is 3.17. The Balaban J connectivity index is 1.67. The Bertz CT molecular complexity index is 1120. The number of nitro groups is 2. The second-order valence-electron chi connectivity index (χ2n) is 5.63. The zero-order valence-electron chi connectivity index (χ0n) is 14.4. The molecule has 0 unspecified atom stereocenters. The van der Waals surface area contributed by atoms with E-state index in [1.54, 1.807) is 18.2 Å². The lowest BCUT2D eigenvalue weighted by Crippen LogP contribution is -2.17. The van der Waals surface area contributed by atoms with Crippen LogP contribution < -0.4 is 5.43 Å². The van der Waals surface area contributed by atoms with Gasteiger partial charge >= 0.3 is 0 Å². The van der Waals surface area contributed by atoms with Gasteiger partial charge in [0.2, 0.25) is 0 Å². The summed E-state index contributed by atoms with van der Waals surface area (Å²) in [5, 5.41) is 25.4. The van der Waals surface area contributed by atoms with Gasteiger partial charge < -0.3 is 4.42 Å². The van der Waals surface area contributed by atoms with Crippen molar-refractivity contribution in [1.82, 2.24) is 5.43 Å². The van der Waals surface area contributed by atoms with Crippen molar-refractivity contribution in [2.45, 2.75) is 0 Å². The lowest BCUT2D eigenvalue weighted by molar-refractivity contribution is -0.385. The first kappa shape index (κ1) is 19.7. The molecule has 0 atom stereocenters. The second kappa shape index (κ2) is 8.31. The number of nitrogens with zero attached hydrogens (tertiary/aromatic N) is 3. The third-order valence-corrected chi connectivity index (χ3v) is 4.07. The monoisotopic (exact) mass is 414 g/mol. The second-order valence-corrected chi connectivity index (χ2v) is 6.04. The molecule has 0 aliphatic carbocycles. The van der Waals surface area contributed by atoms with E-state index in [1.807, 2.05) is 0 Å². The molecule has 0 saturated heterocycles. The highest BCUT2D eigenvalue weighted by molar-refractivity contribution is 6.32. The summed E-state index contributed by atoms with van der Waals surface area (Å²) in [6.07, 6.45) is 1.25. The van der Waals surface area contributed by atoms with Gasteiger partial charge in [-0.3, -0.25) is 25.0 Å². The highest BCUT2D eigenvalue weighted by atomic mass is 35.5. The Morgan fingerprint density at radius 3 is 2.41 bits per heavy atom. The minimum absolute atomic E-state index is 0.0149. The number of hydrazone groups is 1. The number of furan rings is 1. The van der Waals surface area contributed by atoms with Gasteiger partial charge in [0.1, 0.15) is 16.5 Å². The molecular formula is C18H11ClN4O6. The molecule has 0 radical (unpaired) electrons. The van der Waals surface area contributed by atoms with E-state index in [4.69, 9.17) is 16.0 Å². The van der Waals surface area contributed by atoms with E-state index in [0.29, 0.717) is 17.1 Å². The quantitative estimate of drug-likeness (QED) is 0.364. The maximum atomic E-state index is 12.0. The fourth-order valence-electron chi connectivity index (χ4n) is 2.34. The van der Waals surface area contributed by atoms with E-state index in [9.17, 15) is 25.0 Å². The standard InChI is InChI=1S/C18H11ClN4O6/c19-15-7-3-12(9-16(15)23(27)28)17-8-6-14(29-17)10-20-21-18(24)11-1-4-13(5-2-11)22(25)26/h1-10H,(H,21,24)/b20-10+. The van der Waals surface area contributed by atoms with Gasteiger partial charge in [-0.15, -0.1) is 0 Å². The van der Waals surface area contributed by atoms with Gasteiger partial charge in [0.15, 0.2) is 0 Å². The number of rotatable bonds is 6. The number of hydrogen-bond donors (Lipinski definition) is 1. The van der Waals surface area contributed by atoms with Gasteiger partial charge in [-0.05, 0) is 36.4 Å². The molecule has 0 spiro atoms. The van der Waals surface area contributed by atoms with E-state index < -0.39 is 15.8 Å². The van der Waals surface area contributed by atoms with E-state index in [1.165, 1.54) is 42.6 Å². The highest BCUT2D eigenvalue weighted by Gasteiger charge is 2.15. The Morgan fingerprint density at radius 1 is 1.03 bits per heavy atom. The molecule has 1 heterocycles. The van der Waals surface area contributed by atoms with Crippen LogP contribution in [0.15, 0.2) is 64.1 Å². The molecule has 0 saturated carbocycles. The number of hydrogen-bond acceptors (Lipinski definition) is 7. The number of benzene rings is 2. The zero-order chi connectivity index (χ0) is 21.0. The zero-order valence-corrected chi connectivity index (χ0v) is 15.2. The summed E-state index contributed by atoms with van der Waals surface area (Å²) in [5.41, 5.74) is 2.55. The van der Waals surface area contributed by atoms with Crippen LogP contribution in [-0.4, -0.2) is 22.0 Å². The van der Waals surface area contributed by atoms with Gasteiger partial charge in [-0.2, -0.15) is 5.10 Å². The molecule has 0 aliphatic rings. The molecule has 1 amide bonds. The van der Waals surface area contributed by atoms with Crippen LogP contribution in [0, 0.1) is 20.2 Å². The van der Waals surface area contributed by atoms with Crippen LogP contribution >= 0.6 is 11.6 Å². The van der Waals surface area contributed by atoms with Crippen LogP contribution in [-0.2, 0) is 0 Å². The van der Waals surface area contributed by atoms with E-state index in [0.717, 1.165) is 0 Å². The number of amides is 1. The summed E-state index contributed by atoms with van der Waals surface area (Å²) in [4.78, 5) is 32.4. The van der Waals surface area contributed by atoms with Crippen molar-refractivity contribution in [3.8, 4) is 11.3 Å². The van der Waals surface area contributed by atoms with Crippen LogP contribution in [0.4, 0.5) is 11.4 Å². The molecule has 146 valence electrons. The van der Waals surface area contributed by atoms with Gasteiger partial charge in [-0.1, -0.05) is 11.6 Å². The summed E-state index contributed by atoms with van der Waals surface area (Å²) < 4.78 is 5.53. The molecule has 0 fully saturated rings. The van der Waals surface area contributed by atoms with Crippen molar-refractivity contribution in [2.75, 3.05) is 0 Å². The van der Waals surface area contributed by atoms with Crippen LogP contribution in [0.2, 0.25) is 5.02 Å². The summed E-state index contributed by atoms with van der Waals surface area (Å²) in [5.74, 6) is 0.0887. The highest BCUT2D eigenvalue weighted by Crippen LogP contribution is 2.31. The van der Waals surface area contributed by atoms with E-state index >= 15 is 0 Å². The fraction of sp³-hybridized carbons (Fsp3) is 0. The molecule has 3 aromatic rings. The number of carbonyl (C=O) groups is 1. The van der Waals surface area contributed by atoms with Crippen molar-refractivity contribution in [3.05, 3.63) is 91.2 Å². The van der Waals surface area contributed by atoms with Gasteiger partial charge in [0, 0.05) is 29.3 Å².